The molecule has 1 saturated heterocycles. The molecule has 7 nitrogen and oxygen atoms in total. The molecule has 0 radical (unpaired) electrons. The highest BCUT2D eigenvalue weighted by atomic mass is 16.7. The maximum Gasteiger partial charge on any atom is 0.216 e. The number of hydrogen-bond acceptors (Lipinski definition) is 6. The van der Waals surface area contributed by atoms with Crippen molar-refractivity contribution in [3.05, 3.63) is 0 Å². The van der Waals surface area contributed by atoms with Crippen LogP contribution >= 0.6 is 0 Å². The summed E-state index contributed by atoms with van der Waals surface area (Å²) >= 11 is 0. The van der Waals surface area contributed by atoms with Gasteiger partial charge in [-0.3, -0.25) is 4.79 Å². The topological polar surface area (TPSA) is 108 Å². The summed E-state index contributed by atoms with van der Waals surface area (Å²) in [6.07, 6.45) is -2.98. The number of rotatable bonds is 2. The fraction of sp³-hybridized carbons (Fsp3) is 0.900. The number of carbonyl (C=O) groups is 1. The van der Waals surface area contributed by atoms with Gasteiger partial charge < -0.3 is 30.1 Å². The normalized spacial score (nSPS) is 32.4. The van der Waals surface area contributed by atoms with Gasteiger partial charge in [0.05, 0.1) is 12.7 Å². The number of hydrogen-bond donors (Lipinski definition) is 4. The van der Waals surface area contributed by atoms with E-state index in [0.29, 0.717) is 0 Å². The largest absolute Gasteiger partial charge is 0.394 e. The zero-order valence-corrected chi connectivity index (χ0v) is 10.3. The SMILES string of the molecule is CNC(C)=O.COC1CC(O)C(O)C(CO)O1. The van der Waals surface area contributed by atoms with Crippen molar-refractivity contribution >= 4 is 5.91 Å². The molecular formula is C10H21NO6. The summed E-state index contributed by atoms with van der Waals surface area (Å²) < 4.78 is 9.92. The van der Waals surface area contributed by atoms with Gasteiger partial charge in [0.1, 0.15) is 12.2 Å². The highest BCUT2D eigenvalue weighted by molar-refractivity contribution is 5.72. The van der Waals surface area contributed by atoms with Gasteiger partial charge >= 0.3 is 0 Å². The van der Waals surface area contributed by atoms with Crippen molar-refractivity contribution in [1.82, 2.24) is 5.32 Å². The van der Waals surface area contributed by atoms with Crippen LogP contribution in [0.5, 0.6) is 0 Å². The summed E-state index contributed by atoms with van der Waals surface area (Å²) in [7, 11) is 3.05. The molecule has 1 aliphatic rings. The van der Waals surface area contributed by atoms with Crippen LogP contribution in [-0.2, 0) is 14.3 Å². The van der Waals surface area contributed by atoms with Gasteiger partial charge in [-0.05, 0) is 0 Å². The molecule has 102 valence electrons. The van der Waals surface area contributed by atoms with Crippen molar-refractivity contribution in [2.45, 2.75) is 37.9 Å². The van der Waals surface area contributed by atoms with Gasteiger partial charge in [0.25, 0.3) is 0 Å². The average Bonchev–Trinajstić information content (AvgIpc) is 2.33. The quantitative estimate of drug-likeness (QED) is 0.462. The second kappa shape index (κ2) is 8.37. The minimum absolute atomic E-state index is 0.00463. The van der Waals surface area contributed by atoms with Crippen molar-refractivity contribution < 1.29 is 29.6 Å². The van der Waals surface area contributed by atoms with E-state index in [2.05, 4.69) is 5.32 Å². The van der Waals surface area contributed by atoms with Crippen LogP contribution in [-0.4, -0.2) is 66.6 Å². The van der Waals surface area contributed by atoms with Crippen LogP contribution in [0.1, 0.15) is 13.3 Å². The van der Waals surface area contributed by atoms with Crippen LogP contribution in [0.4, 0.5) is 0 Å². The molecule has 4 N–H and O–H groups in total. The van der Waals surface area contributed by atoms with Crippen LogP contribution in [0.15, 0.2) is 0 Å². The summed E-state index contributed by atoms with van der Waals surface area (Å²) in [6, 6.07) is 0. The molecule has 17 heavy (non-hydrogen) atoms. The Morgan fingerprint density at radius 1 is 1.53 bits per heavy atom. The first-order valence-corrected chi connectivity index (χ1v) is 5.29. The molecule has 1 rings (SSSR count). The lowest BCUT2D eigenvalue weighted by molar-refractivity contribution is -0.248. The van der Waals surface area contributed by atoms with Crippen molar-refractivity contribution in [3.63, 3.8) is 0 Å². The molecule has 0 aromatic rings. The van der Waals surface area contributed by atoms with E-state index >= 15 is 0 Å². The average molecular weight is 251 g/mol. The summed E-state index contributed by atoms with van der Waals surface area (Å²) in [4.78, 5) is 9.70. The molecule has 1 aliphatic heterocycles. The highest BCUT2D eigenvalue weighted by Crippen LogP contribution is 2.20. The van der Waals surface area contributed by atoms with Gasteiger partial charge in [-0.15, -0.1) is 0 Å². The third kappa shape index (κ3) is 5.94. The first kappa shape index (κ1) is 16.3. The Hall–Kier alpha value is -0.730. The van der Waals surface area contributed by atoms with Crippen LogP contribution < -0.4 is 5.32 Å². The second-order valence-electron chi connectivity index (χ2n) is 3.62. The summed E-state index contributed by atoms with van der Waals surface area (Å²) in [5, 5.41) is 29.6. The molecule has 1 amide bonds. The molecule has 4 atom stereocenters. The van der Waals surface area contributed by atoms with Gasteiger partial charge in [-0.1, -0.05) is 0 Å². The Balaban J connectivity index is 0.000000437. The minimum atomic E-state index is -1.03. The van der Waals surface area contributed by atoms with E-state index in [0.717, 1.165) is 0 Å². The van der Waals surface area contributed by atoms with Gasteiger partial charge in [0.15, 0.2) is 6.29 Å². The second-order valence-corrected chi connectivity index (χ2v) is 3.62. The number of nitrogens with one attached hydrogen (secondary N) is 1. The third-order valence-corrected chi connectivity index (χ3v) is 2.33. The Morgan fingerprint density at radius 3 is 2.41 bits per heavy atom. The minimum Gasteiger partial charge on any atom is -0.394 e. The van der Waals surface area contributed by atoms with Gasteiger partial charge in [0.2, 0.25) is 5.91 Å². The molecule has 4 unspecified atom stereocenters. The Kier molecular flexibility index (Phi) is 8.01. The van der Waals surface area contributed by atoms with Gasteiger partial charge in [0, 0.05) is 27.5 Å². The fourth-order valence-corrected chi connectivity index (χ4v) is 1.22. The van der Waals surface area contributed by atoms with E-state index in [1.54, 1.807) is 7.05 Å². The zero-order valence-electron chi connectivity index (χ0n) is 10.3. The van der Waals surface area contributed by atoms with Crippen molar-refractivity contribution in [3.8, 4) is 0 Å². The van der Waals surface area contributed by atoms with Gasteiger partial charge in [-0.25, -0.2) is 0 Å². The smallest absolute Gasteiger partial charge is 0.216 e. The van der Waals surface area contributed by atoms with Gasteiger partial charge in [-0.2, -0.15) is 0 Å². The Morgan fingerprint density at radius 2 is 2.06 bits per heavy atom. The summed E-state index contributed by atoms with van der Waals surface area (Å²) in [5.74, 6) is 0.00463. The Bertz CT molecular complexity index is 225. The van der Waals surface area contributed by atoms with Crippen molar-refractivity contribution in [1.29, 1.82) is 0 Å². The van der Waals surface area contributed by atoms with E-state index < -0.39 is 24.6 Å². The number of aliphatic hydroxyl groups is 3. The van der Waals surface area contributed by atoms with Crippen LogP contribution in [0, 0.1) is 0 Å². The molecule has 0 aromatic carbocycles. The number of amides is 1. The summed E-state index contributed by atoms with van der Waals surface area (Å²) in [5.41, 5.74) is 0. The number of aliphatic hydroxyl groups excluding tert-OH is 3. The van der Waals surface area contributed by atoms with Crippen LogP contribution in [0.3, 0.4) is 0 Å². The highest BCUT2D eigenvalue weighted by Gasteiger charge is 2.36. The van der Waals surface area contributed by atoms with Crippen LogP contribution in [0.2, 0.25) is 0 Å². The lowest BCUT2D eigenvalue weighted by atomic mass is 10.0. The Labute approximate surface area is 100 Å². The zero-order chi connectivity index (χ0) is 13.4. The number of methoxy groups -OCH3 is 1. The number of carbonyl (C=O) groups excluding carboxylic acids is 1. The third-order valence-electron chi connectivity index (χ3n) is 2.33. The maximum absolute atomic E-state index is 9.70. The molecule has 0 bridgehead atoms. The molecule has 1 heterocycles. The standard InChI is InChI=1S/C7H14O5.C3H7NO/c1-11-6-2-4(9)7(10)5(3-8)12-6;1-3(5)4-2/h4-10H,2-3H2,1H3;1-2H3,(H,4,5). The van der Waals surface area contributed by atoms with E-state index in [4.69, 9.17) is 14.6 Å². The molecule has 0 aromatic heterocycles. The predicted octanol–water partition coefficient (Wildman–Crippen LogP) is -1.79. The summed E-state index contributed by atoms with van der Waals surface area (Å²) in [6.45, 7) is 1.15. The molecular weight excluding hydrogens is 230 g/mol. The maximum atomic E-state index is 9.70. The molecule has 0 aliphatic carbocycles. The molecule has 1 fully saturated rings. The first-order chi connectivity index (χ1) is 7.96. The van der Waals surface area contributed by atoms with Crippen molar-refractivity contribution in [2.24, 2.45) is 0 Å². The monoisotopic (exact) mass is 251 g/mol. The van der Waals surface area contributed by atoms with Crippen LogP contribution in [0.25, 0.3) is 0 Å². The molecule has 0 spiro atoms. The fourth-order valence-electron chi connectivity index (χ4n) is 1.22. The molecule has 7 heteroatoms. The lowest BCUT2D eigenvalue weighted by Gasteiger charge is -2.35. The number of ether oxygens (including phenoxy) is 2. The predicted molar refractivity (Wildman–Crippen MR) is 59.1 cm³/mol. The van der Waals surface area contributed by atoms with E-state index in [1.807, 2.05) is 0 Å². The lowest BCUT2D eigenvalue weighted by Crippen LogP contribution is -2.50. The van der Waals surface area contributed by atoms with E-state index in [9.17, 15) is 15.0 Å². The first-order valence-electron chi connectivity index (χ1n) is 5.29. The van der Waals surface area contributed by atoms with E-state index in [1.165, 1.54) is 14.0 Å². The van der Waals surface area contributed by atoms with Crippen molar-refractivity contribution in [2.75, 3.05) is 20.8 Å². The van der Waals surface area contributed by atoms with E-state index in [-0.39, 0.29) is 18.9 Å². The molecule has 0 saturated carbocycles.